The first-order chi connectivity index (χ1) is 26.9. The van der Waals surface area contributed by atoms with Gasteiger partial charge in [0.2, 0.25) is 11.4 Å². The van der Waals surface area contributed by atoms with Gasteiger partial charge >= 0.3 is 0 Å². The number of nitrogens with two attached hydrogens (primary N) is 1. The normalized spacial score (nSPS) is 14.8. The number of nitrogens with zero attached hydrogens (tertiary/aromatic N) is 4. The van der Waals surface area contributed by atoms with Gasteiger partial charge in [-0.3, -0.25) is 15.0 Å². The summed E-state index contributed by atoms with van der Waals surface area (Å²) in [6, 6.07) is 23.1. The molecule has 4 aromatic rings. The fourth-order valence-electron chi connectivity index (χ4n) is 6.56. The van der Waals surface area contributed by atoms with Crippen LogP contribution >= 0.6 is 11.6 Å². The molecule has 0 unspecified atom stereocenters. The topological polar surface area (TPSA) is 140 Å². The molecule has 0 saturated carbocycles. The summed E-state index contributed by atoms with van der Waals surface area (Å²) >= 11 is 5.42. The van der Waals surface area contributed by atoms with Gasteiger partial charge in [0.25, 0.3) is 11.1 Å². The SMILES string of the molecule is CCc1c(OC)cccc1C(=O)Cl.CCc1c(OC)cccc1C(=O)NN1C(c2cc(C)cc(C)c2)=NOC1(C)C.Cc1cc(C)cc(C2=NOC(C)(C)N2N)c1. The van der Waals surface area contributed by atoms with Crippen LogP contribution in [0.25, 0.3) is 0 Å². The number of hydrazine groups is 2. The number of carbonyl (C=O) groups is 2. The second-order valence-corrected chi connectivity index (χ2v) is 15.1. The minimum absolute atomic E-state index is 0.230. The molecule has 0 atom stereocenters. The van der Waals surface area contributed by atoms with Gasteiger partial charge in [0.05, 0.1) is 14.2 Å². The van der Waals surface area contributed by atoms with Crippen molar-refractivity contribution in [1.82, 2.24) is 15.4 Å². The van der Waals surface area contributed by atoms with Crippen molar-refractivity contribution in [1.29, 1.82) is 0 Å². The molecule has 0 spiro atoms. The fraction of sp³-hybridized carbons (Fsp3) is 0.364. The number of aryl methyl sites for hydroxylation is 4. The van der Waals surface area contributed by atoms with Crippen LogP contribution in [-0.4, -0.2) is 58.5 Å². The molecule has 1 amide bonds. The Labute approximate surface area is 341 Å². The zero-order valence-corrected chi connectivity index (χ0v) is 35.8. The molecular formula is C44H55ClN6O6. The number of nitrogens with one attached hydrogen (secondary N) is 1. The lowest BCUT2D eigenvalue weighted by Crippen LogP contribution is -2.54. The van der Waals surface area contributed by atoms with Crippen molar-refractivity contribution in [3.8, 4) is 11.5 Å². The number of oxime groups is 2. The zero-order chi connectivity index (χ0) is 42.2. The number of ether oxygens (including phenoxy) is 2. The number of rotatable bonds is 9. The molecule has 12 nitrogen and oxygen atoms in total. The highest BCUT2D eigenvalue weighted by Crippen LogP contribution is 2.29. The molecule has 2 aliphatic heterocycles. The summed E-state index contributed by atoms with van der Waals surface area (Å²) in [5, 5.41) is 11.1. The molecule has 57 heavy (non-hydrogen) atoms. The predicted molar refractivity (Wildman–Crippen MR) is 225 cm³/mol. The number of methoxy groups -OCH3 is 2. The molecule has 13 heteroatoms. The smallest absolute Gasteiger partial charge is 0.270 e. The van der Waals surface area contributed by atoms with Gasteiger partial charge in [0.1, 0.15) is 11.5 Å². The van der Waals surface area contributed by atoms with E-state index in [-0.39, 0.29) is 5.91 Å². The zero-order valence-electron chi connectivity index (χ0n) is 35.0. The van der Waals surface area contributed by atoms with Crippen LogP contribution in [-0.2, 0) is 22.5 Å². The number of amidine groups is 2. The minimum Gasteiger partial charge on any atom is -0.496 e. The predicted octanol–water partition coefficient (Wildman–Crippen LogP) is 8.49. The first-order valence-corrected chi connectivity index (χ1v) is 19.1. The second-order valence-electron chi connectivity index (χ2n) is 14.8. The van der Waals surface area contributed by atoms with Crippen LogP contribution in [0.1, 0.15) is 107 Å². The first-order valence-electron chi connectivity index (χ1n) is 18.7. The molecule has 2 aliphatic rings. The Hall–Kier alpha value is -5.59. The van der Waals surface area contributed by atoms with Crippen LogP contribution in [0.4, 0.5) is 0 Å². The Morgan fingerprint density at radius 1 is 0.702 bits per heavy atom. The van der Waals surface area contributed by atoms with Crippen LogP contribution in [0.15, 0.2) is 83.1 Å². The number of hydrogen-bond donors (Lipinski definition) is 2. The quantitative estimate of drug-likeness (QED) is 0.126. The average molecular weight is 799 g/mol. The van der Waals surface area contributed by atoms with Crippen LogP contribution in [0.3, 0.4) is 0 Å². The van der Waals surface area contributed by atoms with Crippen LogP contribution in [0, 0.1) is 27.7 Å². The number of hydrogen-bond acceptors (Lipinski definition) is 11. The highest BCUT2D eigenvalue weighted by molar-refractivity contribution is 6.68. The Balaban J connectivity index is 0.000000209. The van der Waals surface area contributed by atoms with Crippen LogP contribution in [0.2, 0.25) is 0 Å². The molecule has 4 aromatic carbocycles. The van der Waals surface area contributed by atoms with Crippen molar-refractivity contribution in [3.63, 3.8) is 0 Å². The Morgan fingerprint density at radius 2 is 1.12 bits per heavy atom. The summed E-state index contributed by atoms with van der Waals surface area (Å²) in [5.41, 5.74) is 10.9. The van der Waals surface area contributed by atoms with Crippen molar-refractivity contribution in [3.05, 3.63) is 128 Å². The van der Waals surface area contributed by atoms with Gasteiger partial charge in [-0.25, -0.2) is 15.9 Å². The van der Waals surface area contributed by atoms with Gasteiger partial charge in [-0.15, -0.1) is 0 Å². The van der Waals surface area contributed by atoms with Crippen molar-refractivity contribution in [2.45, 2.75) is 93.5 Å². The maximum Gasteiger partial charge on any atom is 0.270 e. The van der Waals surface area contributed by atoms with Crippen molar-refractivity contribution in [2.24, 2.45) is 16.2 Å². The number of amides is 1. The standard InChI is InChI=1S/C22H27N3O3.C12H17N3O.C10H11ClO2/c1-7-17-18(9-8-10-19(17)27-6)21(26)23-25-20(24-28-22(25,4)5)16-12-14(2)11-15(3)13-16;1-8-5-9(2)7-10(6-8)11-14-16-12(3,4)15(11)13;1-3-7-8(10(11)12)5-4-6-9(7)13-2/h8-13H,7H2,1-6H3,(H,23,26);5-7H,13H2,1-4H3;4-6H,3H2,1-2H3. The van der Waals surface area contributed by atoms with Crippen molar-refractivity contribution >= 4 is 34.4 Å². The van der Waals surface area contributed by atoms with E-state index >= 15 is 0 Å². The van der Waals surface area contributed by atoms with E-state index in [2.05, 4.69) is 53.9 Å². The molecule has 2 heterocycles. The number of halogens is 1. The van der Waals surface area contributed by atoms with Gasteiger partial charge in [-0.05, 0) is 128 Å². The summed E-state index contributed by atoms with van der Waals surface area (Å²) in [7, 11) is 3.19. The van der Waals surface area contributed by atoms with E-state index in [1.807, 2.05) is 85.7 Å². The minimum atomic E-state index is -0.812. The van der Waals surface area contributed by atoms with Gasteiger partial charge in [-0.1, -0.05) is 70.7 Å². The van der Waals surface area contributed by atoms with Gasteiger partial charge < -0.3 is 19.1 Å². The van der Waals surface area contributed by atoms with Crippen molar-refractivity contribution < 1.29 is 28.7 Å². The summed E-state index contributed by atoms with van der Waals surface area (Å²) < 4.78 is 10.5. The monoisotopic (exact) mass is 798 g/mol. The molecule has 0 bridgehead atoms. The summed E-state index contributed by atoms with van der Waals surface area (Å²) in [6.45, 7) is 19.6. The Bertz CT molecular complexity index is 2120. The molecule has 3 N–H and O–H groups in total. The first kappa shape index (κ1) is 44.1. The van der Waals surface area contributed by atoms with E-state index in [0.29, 0.717) is 40.7 Å². The maximum atomic E-state index is 13.1. The lowest BCUT2D eigenvalue weighted by Gasteiger charge is -2.31. The lowest BCUT2D eigenvalue weighted by molar-refractivity contribution is -0.0824. The van der Waals surface area contributed by atoms with Gasteiger partial charge in [0, 0.05) is 33.4 Å². The summed E-state index contributed by atoms with van der Waals surface area (Å²) in [6.07, 6.45) is 1.42. The maximum absolute atomic E-state index is 13.1. The van der Waals surface area contributed by atoms with E-state index in [4.69, 9.17) is 36.6 Å². The molecule has 304 valence electrons. The molecule has 0 fully saturated rings. The lowest BCUT2D eigenvalue weighted by atomic mass is 10.0. The second kappa shape index (κ2) is 18.6. The van der Waals surface area contributed by atoms with E-state index in [9.17, 15) is 9.59 Å². The van der Waals surface area contributed by atoms with E-state index in [0.717, 1.165) is 39.8 Å². The van der Waals surface area contributed by atoms with Crippen molar-refractivity contribution in [2.75, 3.05) is 14.2 Å². The molecule has 6 rings (SSSR count). The molecule has 0 saturated heterocycles. The van der Waals surface area contributed by atoms with Gasteiger partial charge in [0.15, 0.2) is 11.7 Å². The molecule has 0 radical (unpaired) electrons. The fourth-order valence-corrected chi connectivity index (χ4v) is 6.74. The summed E-state index contributed by atoms with van der Waals surface area (Å²) in [4.78, 5) is 35.0. The number of carbonyl (C=O) groups excluding carboxylic acids is 2. The largest absolute Gasteiger partial charge is 0.496 e. The molecule has 0 aliphatic carbocycles. The molecule has 0 aromatic heterocycles. The highest BCUT2D eigenvalue weighted by atomic mass is 35.5. The molecular weight excluding hydrogens is 744 g/mol. The van der Waals surface area contributed by atoms with Crippen LogP contribution < -0.4 is 20.7 Å². The Kier molecular flexibility index (Phi) is 14.4. The average Bonchev–Trinajstić information content (AvgIpc) is 3.61. The van der Waals surface area contributed by atoms with E-state index in [1.54, 1.807) is 42.4 Å². The third-order valence-corrected chi connectivity index (χ3v) is 9.52. The summed E-state index contributed by atoms with van der Waals surface area (Å²) in [5.74, 6) is 8.41. The Morgan fingerprint density at radius 3 is 1.54 bits per heavy atom. The van der Waals surface area contributed by atoms with E-state index in [1.165, 1.54) is 11.1 Å². The van der Waals surface area contributed by atoms with Crippen LogP contribution in [0.5, 0.6) is 11.5 Å². The third-order valence-electron chi connectivity index (χ3n) is 9.31. The van der Waals surface area contributed by atoms with E-state index < -0.39 is 16.7 Å². The van der Waals surface area contributed by atoms with Gasteiger partial charge in [-0.2, -0.15) is 0 Å². The highest BCUT2D eigenvalue weighted by Gasteiger charge is 2.40. The third kappa shape index (κ3) is 10.4. The number of benzene rings is 4.